The number of amides is 2. The van der Waals surface area contributed by atoms with Gasteiger partial charge in [-0.15, -0.1) is 0 Å². The number of para-hydroxylation sites is 1. The van der Waals surface area contributed by atoms with Gasteiger partial charge in [0.15, 0.2) is 5.17 Å². The molecule has 3 aromatic rings. The van der Waals surface area contributed by atoms with Gasteiger partial charge in [0.2, 0.25) is 11.8 Å². The number of hydrogen-bond donors (Lipinski definition) is 1. The van der Waals surface area contributed by atoms with Crippen molar-refractivity contribution in [2.75, 3.05) is 6.54 Å². The maximum atomic E-state index is 13.1. The molecule has 4 rings (SSSR count). The number of aliphatic imine (C=N–C) groups is 1. The third-order valence-corrected chi connectivity index (χ3v) is 6.66. The number of halogens is 1. The lowest BCUT2D eigenvalue weighted by Gasteiger charge is -2.32. The molecular weight excluding hydrogens is 454 g/mol. The van der Waals surface area contributed by atoms with Crippen molar-refractivity contribution in [1.82, 2.24) is 10.2 Å². The van der Waals surface area contributed by atoms with Gasteiger partial charge in [0, 0.05) is 18.0 Å². The molecule has 168 valence electrons. The van der Waals surface area contributed by atoms with Crippen LogP contribution in [-0.2, 0) is 22.6 Å². The molecule has 2 amide bonds. The molecule has 1 aliphatic heterocycles. The summed E-state index contributed by atoms with van der Waals surface area (Å²) in [5, 5.41) is 3.63. The molecule has 1 heterocycles. The van der Waals surface area contributed by atoms with Gasteiger partial charge in [-0.05, 0) is 41.8 Å². The third-order valence-electron chi connectivity index (χ3n) is 5.22. The third kappa shape index (κ3) is 6.46. The lowest BCUT2D eigenvalue weighted by Crippen LogP contribution is -2.46. The van der Waals surface area contributed by atoms with E-state index in [4.69, 9.17) is 16.6 Å². The van der Waals surface area contributed by atoms with Crippen molar-refractivity contribution in [1.29, 1.82) is 0 Å². The highest BCUT2D eigenvalue weighted by atomic mass is 35.5. The molecule has 1 atom stereocenters. The van der Waals surface area contributed by atoms with E-state index in [0.717, 1.165) is 23.2 Å². The maximum Gasteiger partial charge on any atom is 0.234 e. The van der Waals surface area contributed by atoms with Crippen LogP contribution in [0.15, 0.2) is 89.9 Å². The fraction of sp³-hybridized carbons (Fsp3) is 0.192. The standard InChI is InChI=1S/C26H24ClN3O2S/c27-21-13-11-20(12-14-21)18-30-24(31)17-23(33-26(30)29-22-9-5-2-6-10-22)25(32)28-16-15-19-7-3-1-4-8-19/h1-14,23H,15-18H2,(H,28,32). The Hall–Kier alpha value is -3.09. The van der Waals surface area contributed by atoms with Crippen molar-refractivity contribution in [3.8, 4) is 0 Å². The van der Waals surface area contributed by atoms with E-state index >= 15 is 0 Å². The summed E-state index contributed by atoms with van der Waals surface area (Å²) >= 11 is 7.33. The van der Waals surface area contributed by atoms with Crippen molar-refractivity contribution in [3.63, 3.8) is 0 Å². The zero-order chi connectivity index (χ0) is 23.0. The van der Waals surface area contributed by atoms with E-state index < -0.39 is 5.25 Å². The van der Waals surface area contributed by atoms with Crippen LogP contribution in [0.2, 0.25) is 5.02 Å². The monoisotopic (exact) mass is 477 g/mol. The zero-order valence-corrected chi connectivity index (χ0v) is 19.6. The molecule has 1 N–H and O–H groups in total. The largest absolute Gasteiger partial charge is 0.355 e. The summed E-state index contributed by atoms with van der Waals surface area (Å²) in [7, 11) is 0. The summed E-state index contributed by atoms with van der Waals surface area (Å²) < 4.78 is 0. The number of nitrogens with one attached hydrogen (secondary N) is 1. The number of amidine groups is 1. The molecule has 0 saturated carbocycles. The minimum Gasteiger partial charge on any atom is -0.355 e. The molecule has 7 heteroatoms. The van der Waals surface area contributed by atoms with Crippen LogP contribution in [-0.4, -0.2) is 33.7 Å². The smallest absolute Gasteiger partial charge is 0.234 e. The molecule has 0 aromatic heterocycles. The van der Waals surface area contributed by atoms with Crippen LogP contribution >= 0.6 is 23.4 Å². The first kappa shape index (κ1) is 23.1. The van der Waals surface area contributed by atoms with Crippen molar-refractivity contribution < 1.29 is 9.59 Å². The Balaban J connectivity index is 1.48. The lowest BCUT2D eigenvalue weighted by molar-refractivity contribution is -0.130. The summed E-state index contributed by atoms with van der Waals surface area (Å²) in [6, 6.07) is 26.8. The molecule has 1 unspecified atom stereocenters. The first-order valence-corrected chi connectivity index (χ1v) is 12.0. The summed E-state index contributed by atoms with van der Waals surface area (Å²) in [5.74, 6) is -0.266. The van der Waals surface area contributed by atoms with E-state index in [9.17, 15) is 9.59 Å². The van der Waals surface area contributed by atoms with Gasteiger partial charge in [-0.1, -0.05) is 84.0 Å². The van der Waals surface area contributed by atoms with Crippen molar-refractivity contribution in [3.05, 3.63) is 101 Å². The van der Waals surface area contributed by atoms with Gasteiger partial charge in [-0.25, -0.2) is 4.99 Å². The van der Waals surface area contributed by atoms with Crippen LogP contribution in [0.4, 0.5) is 5.69 Å². The van der Waals surface area contributed by atoms with Crippen LogP contribution in [0.25, 0.3) is 0 Å². The molecule has 0 spiro atoms. The summed E-state index contributed by atoms with van der Waals surface area (Å²) in [6.45, 7) is 0.894. The van der Waals surface area contributed by atoms with Gasteiger partial charge in [0.1, 0.15) is 0 Å². The van der Waals surface area contributed by atoms with Gasteiger partial charge < -0.3 is 5.32 Å². The number of nitrogens with zero attached hydrogens (tertiary/aromatic N) is 2. The van der Waals surface area contributed by atoms with E-state index in [2.05, 4.69) is 5.32 Å². The lowest BCUT2D eigenvalue weighted by atomic mass is 10.1. The molecule has 0 aliphatic carbocycles. The highest BCUT2D eigenvalue weighted by Crippen LogP contribution is 2.30. The van der Waals surface area contributed by atoms with E-state index in [-0.39, 0.29) is 18.2 Å². The highest BCUT2D eigenvalue weighted by Gasteiger charge is 2.35. The molecular formula is C26H24ClN3O2S. The average Bonchev–Trinajstić information content (AvgIpc) is 2.83. The molecule has 33 heavy (non-hydrogen) atoms. The minimum atomic E-state index is -0.516. The van der Waals surface area contributed by atoms with Crippen molar-refractivity contribution in [2.24, 2.45) is 4.99 Å². The molecule has 0 radical (unpaired) electrons. The van der Waals surface area contributed by atoms with Crippen LogP contribution in [0.5, 0.6) is 0 Å². The highest BCUT2D eigenvalue weighted by molar-refractivity contribution is 8.15. The zero-order valence-electron chi connectivity index (χ0n) is 18.0. The Morgan fingerprint density at radius 2 is 1.64 bits per heavy atom. The maximum absolute atomic E-state index is 13.1. The Labute approximate surface area is 202 Å². The van der Waals surface area contributed by atoms with E-state index in [1.807, 2.05) is 72.8 Å². The van der Waals surface area contributed by atoms with E-state index in [0.29, 0.717) is 23.3 Å². The molecule has 0 bridgehead atoms. The molecule has 1 aliphatic rings. The topological polar surface area (TPSA) is 61.8 Å². The predicted molar refractivity (Wildman–Crippen MR) is 135 cm³/mol. The minimum absolute atomic E-state index is 0.124. The molecule has 5 nitrogen and oxygen atoms in total. The van der Waals surface area contributed by atoms with Gasteiger partial charge in [0.05, 0.1) is 17.5 Å². The Bertz CT molecular complexity index is 1120. The number of thioether (sulfide) groups is 1. The second-order valence-corrected chi connectivity index (χ2v) is 9.28. The number of carbonyl (C=O) groups is 2. The average molecular weight is 478 g/mol. The second-order valence-electron chi connectivity index (χ2n) is 7.67. The first-order valence-electron chi connectivity index (χ1n) is 10.8. The van der Waals surface area contributed by atoms with Gasteiger partial charge in [-0.2, -0.15) is 0 Å². The molecule has 1 fully saturated rings. The number of hydrogen-bond acceptors (Lipinski definition) is 4. The Kier molecular flexibility index (Phi) is 7.81. The number of carbonyl (C=O) groups excluding carboxylic acids is 2. The SMILES string of the molecule is O=C(NCCc1ccccc1)C1CC(=O)N(Cc2ccc(Cl)cc2)C(=Nc2ccccc2)S1. The van der Waals surface area contributed by atoms with Crippen LogP contribution in [0.1, 0.15) is 17.5 Å². The Morgan fingerprint density at radius 1 is 0.970 bits per heavy atom. The quantitative estimate of drug-likeness (QED) is 0.507. The Morgan fingerprint density at radius 3 is 2.33 bits per heavy atom. The van der Waals surface area contributed by atoms with Crippen LogP contribution < -0.4 is 5.32 Å². The van der Waals surface area contributed by atoms with Crippen molar-refractivity contribution in [2.45, 2.75) is 24.6 Å². The van der Waals surface area contributed by atoms with Crippen LogP contribution in [0.3, 0.4) is 0 Å². The summed E-state index contributed by atoms with van der Waals surface area (Å²) in [5.41, 5.74) is 2.84. The normalized spacial score (nSPS) is 17.2. The predicted octanol–water partition coefficient (Wildman–Crippen LogP) is 5.22. The molecule has 1 saturated heterocycles. The van der Waals surface area contributed by atoms with Gasteiger partial charge in [0.25, 0.3) is 0 Å². The van der Waals surface area contributed by atoms with Gasteiger partial charge >= 0.3 is 0 Å². The molecule has 3 aromatic carbocycles. The summed E-state index contributed by atoms with van der Waals surface area (Å²) in [4.78, 5) is 32.3. The fourth-order valence-corrected chi connectivity index (χ4v) is 4.72. The van der Waals surface area contributed by atoms with Crippen molar-refractivity contribution >= 4 is 46.0 Å². The van der Waals surface area contributed by atoms with E-state index in [1.54, 1.807) is 17.0 Å². The second kappa shape index (κ2) is 11.2. The van der Waals surface area contributed by atoms with Gasteiger partial charge in [-0.3, -0.25) is 14.5 Å². The van der Waals surface area contributed by atoms with E-state index in [1.165, 1.54) is 11.8 Å². The summed E-state index contributed by atoms with van der Waals surface area (Å²) in [6.07, 6.45) is 0.870. The number of benzene rings is 3. The number of rotatable bonds is 7. The van der Waals surface area contributed by atoms with Crippen LogP contribution in [0, 0.1) is 0 Å². The fourth-order valence-electron chi connectivity index (χ4n) is 3.47. The first-order chi connectivity index (χ1) is 16.1.